The molecule has 26 heavy (non-hydrogen) atoms. The van der Waals surface area contributed by atoms with E-state index in [1.807, 2.05) is 24.3 Å². The van der Waals surface area contributed by atoms with Crippen molar-refractivity contribution in [3.63, 3.8) is 0 Å². The van der Waals surface area contributed by atoms with Gasteiger partial charge in [0.25, 0.3) is 5.91 Å². The van der Waals surface area contributed by atoms with Gasteiger partial charge in [-0.25, -0.2) is 18.4 Å². The lowest BCUT2D eigenvalue weighted by atomic mass is 10.2. The maximum absolute atomic E-state index is 12.5. The molecule has 1 atom stereocenters. The van der Waals surface area contributed by atoms with E-state index in [0.717, 1.165) is 11.4 Å². The van der Waals surface area contributed by atoms with E-state index in [1.54, 1.807) is 14.2 Å². The van der Waals surface area contributed by atoms with Crippen molar-refractivity contribution in [2.45, 2.75) is 12.5 Å². The standard InChI is InChI=1S/C17H20N4O4S/c1-21(14-7-8-26(23,24)11-14)16(22)12-9-18-17(19-10-12)20-13-3-5-15(25-2)6-4-13/h3-6,9-10,14H,7-8,11H2,1-2H3,(H,18,19,20). The zero-order valence-electron chi connectivity index (χ0n) is 14.5. The Labute approximate surface area is 152 Å². The second-order valence-corrected chi connectivity index (χ2v) is 8.35. The lowest BCUT2D eigenvalue weighted by Gasteiger charge is -2.23. The Balaban J connectivity index is 1.65. The average molecular weight is 376 g/mol. The number of hydrogen-bond acceptors (Lipinski definition) is 7. The minimum absolute atomic E-state index is 0.00715. The summed E-state index contributed by atoms with van der Waals surface area (Å²) in [7, 11) is 0.158. The molecule has 9 heteroatoms. The molecule has 138 valence electrons. The topological polar surface area (TPSA) is 101 Å². The number of rotatable bonds is 5. The van der Waals surface area contributed by atoms with Crippen LogP contribution in [0, 0.1) is 0 Å². The van der Waals surface area contributed by atoms with Crippen molar-refractivity contribution in [3.8, 4) is 5.75 Å². The highest BCUT2D eigenvalue weighted by molar-refractivity contribution is 7.91. The number of benzene rings is 1. The monoisotopic (exact) mass is 376 g/mol. The largest absolute Gasteiger partial charge is 0.497 e. The molecular weight excluding hydrogens is 356 g/mol. The molecule has 0 aliphatic carbocycles. The molecule has 1 saturated heterocycles. The quantitative estimate of drug-likeness (QED) is 0.843. The molecule has 0 saturated carbocycles. The number of nitrogens with one attached hydrogen (secondary N) is 1. The third-order valence-electron chi connectivity index (χ3n) is 4.32. The Bertz CT molecular complexity index is 882. The van der Waals surface area contributed by atoms with Gasteiger partial charge in [-0.05, 0) is 30.7 Å². The van der Waals surface area contributed by atoms with Crippen molar-refractivity contribution < 1.29 is 17.9 Å². The highest BCUT2D eigenvalue weighted by Gasteiger charge is 2.33. The van der Waals surface area contributed by atoms with Crippen LogP contribution in [0.2, 0.25) is 0 Å². The van der Waals surface area contributed by atoms with Crippen molar-refractivity contribution in [1.82, 2.24) is 14.9 Å². The zero-order chi connectivity index (χ0) is 18.7. The molecule has 2 heterocycles. The fraction of sp³-hybridized carbons (Fsp3) is 0.353. The van der Waals surface area contributed by atoms with E-state index >= 15 is 0 Å². The molecular formula is C17H20N4O4S. The van der Waals surface area contributed by atoms with Crippen LogP contribution in [0.5, 0.6) is 5.75 Å². The van der Waals surface area contributed by atoms with Gasteiger partial charge in [-0.15, -0.1) is 0 Å². The predicted octanol–water partition coefficient (Wildman–Crippen LogP) is 1.49. The van der Waals surface area contributed by atoms with Gasteiger partial charge < -0.3 is 15.0 Å². The zero-order valence-corrected chi connectivity index (χ0v) is 15.4. The van der Waals surface area contributed by atoms with Crippen molar-refractivity contribution in [3.05, 3.63) is 42.2 Å². The van der Waals surface area contributed by atoms with Crippen LogP contribution in [0.1, 0.15) is 16.8 Å². The van der Waals surface area contributed by atoms with Gasteiger partial charge in [0.1, 0.15) is 5.75 Å². The summed E-state index contributed by atoms with van der Waals surface area (Å²) in [6.45, 7) is 0. The molecule has 1 N–H and O–H groups in total. The molecule has 8 nitrogen and oxygen atoms in total. The minimum atomic E-state index is -3.05. The molecule has 1 aromatic carbocycles. The second kappa shape index (κ2) is 7.28. The van der Waals surface area contributed by atoms with Crippen molar-refractivity contribution in [1.29, 1.82) is 0 Å². The summed E-state index contributed by atoms with van der Waals surface area (Å²) < 4.78 is 28.3. The van der Waals surface area contributed by atoms with Crippen LogP contribution in [-0.2, 0) is 9.84 Å². The summed E-state index contributed by atoms with van der Waals surface area (Å²) in [5, 5.41) is 3.03. The number of hydrogen-bond donors (Lipinski definition) is 1. The first-order valence-electron chi connectivity index (χ1n) is 8.09. The van der Waals surface area contributed by atoms with Crippen LogP contribution in [0.4, 0.5) is 11.6 Å². The van der Waals surface area contributed by atoms with Crippen molar-refractivity contribution >= 4 is 27.4 Å². The van der Waals surface area contributed by atoms with Crippen LogP contribution in [0.3, 0.4) is 0 Å². The summed E-state index contributed by atoms with van der Waals surface area (Å²) in [4.78, 5) is 22.3. The lowest BCUT2D eigenvalue weighted by molar-refractivity contribution is 0.0747. The summed E-state index contributed by atoms with van der Waals surface area (Å²) in [5.74, 6) is 0.944. The number of aromatic nitrogens is 2. The number of carbonyl (C=O) groups excluding carboxylic acids is 1. The van der Waals surface area contributed by atoms with Gasteiger partial charge in [0.2, 0.25) is 5.95 Å². The van der Waals surface area contributed by atoms with Crippen LogP contribution in [-0.4, -0.2) is 60.9 Å². The van der Waals surface area contributed by atoms with E-state index in [1.165, 1.54) is 17.3 Å². The lowest BCUT2D eigenvalue weighted by Crippen LogP contribution is -2.37. The predicted molar refractivity (Wildman–Crippen MR) is 97.5 cm³/mol. The van der Waals surface area contributed by atoms with Crippen LogP contribution in [0.25, 0.3) is 0 Å². The number of sulfone groups is 1. The Kier molecular flexibility index (Phi) is 5.08. The van der Waals surface area contributed by atoms with Gasteiger partial charge in [-0.3, -0.25) is 4.79 Å². The van der Waals surface area contributed by atoms with Gasteiger partial charge >= 0.3 is 0 Å². The highest BCUT2D eigenvalue weighted by atomic mass is 32.2. The first-order chi connectivity index (χ1) is 12.4. The third-order valence-corrected chi connectivity index (χ3v) is 6.07. The molecule has 1 aromatic heterocycles. The summed E-state index contributed by atoms with van der Waals surface area (Å²) in [5.41, 5.74) is 1.11. The molecule has 1 fully saturated rings. The van der Waals surface area contributed by atoms with Crippen LogP contribution < -0.4 is 10.1 Å². The number of methoxy groups -OCH3 is 1. The maximum atomic E-state index is 12.5. The van der Waals surface area contributed by atoms with E-state index in [9.17, 15) is 13.2 Å². The Morgan fingerprint density at radius 3 is 2.42 bits per heavy atom. The molecule has 0 radical (unpaired) electrons. The van der Waals surface area contributed by atoms with E-state index in [-0.39, 0.29) is 23.5 Å². The van der Waals surface area contributed by atoms with Gasteiger partial charge in [0.05, 0.1) is 24.2 Å². The van der Waals surface area contributed by atoms with Crippen LogP contribution in [0.15, 0.2) is 36.7 Å². The summed E-state index contributed by atoms with van der Waals surface area (Å²) >= 11 is 0. The molecule has 1 aliphatic rings. The van der Waals surface area contributed by atoms with E-state index in [2.05, 4.69) is 15.3 Å². The Hall–Kier alpha value is -2.68. The van der Waals surface area contributed by atoms with E-state index in [0.29, 0.717) is 17.9 Å². The third kappa shape index (κ3) is 4.10. The number of ether oxygens (including phenoxy) is 1. The minimum Gasteiger partial charge on any atom is -0.497 e. The van der Waals surface area contributed by atoms with Gasteiger partial charge in [-0.1, -0.05) is 0 Å². The van der Waals surface area contributed by atoms with Gasteiger partial charge in [0.15, 0.2) is 9.84 Å². The Morgan fingerprint density at radius 1 is 1.23 bits per heavy atom. The average Bonchev–Trinajstić information content (AvgIpc) is 3.01. The fourth-order valence-corrected chi connectivity index (χ4v) is 4.53. The van der Waals surface area contributed by atoms with E-state index in [4.69, 9.17) is 4.74 Å². The normalized spacial score (nSPS) is 18.3. The first-order valence-corrected chi connectivity index (χ1v) is 9.91. The molecule has 2 aromatic rings. The molecule has 1 amide bonds. The fourth-order valence-electron chi connectivity index (χ4n) is 2.76. The molecule has 0 bridgehead atoms. The molecule has 1 unspecified atom stereocenters. The van der Waals surface area contributed by atoms with Gasteiger partial charge in [-0.2, -0.15) is 0 Å². The molecule has 1 aliphatic heterocycles. The summed E-state index contributed by atoms with van der Waals surface area (Å²) in [6.07, 6.45) is 3.32. The number of amides is 1. The van der Waals surface area contributed by atoms with Crippen LogP contribution >= 0.6 is 0 Å². The van der Waals surface area contributed by atoms with Crippen molar-refractivity contribution in [2.24, 2.45) is 0 Å². The first kappa shape index (κ1) is 18.1. The molecule has 3 rings (SSSR count). The smallest absolute Gasteiger partial charge is 0.257 e. The number of carbonyl (C=O) groups is 1. The number of nitrogens with zero attached hydrogens (tertiary/aromatic N) is 3. The van der Waals surface area contributed by atoms with Gasteiger partial charge in [0, 0.05) is 31.2 Å². The Morgan fingerprint density at radius 2 is 1.88 bits per heavy atom. The summed E-state index contributed by atoms with van der Waals surface area (Å²) in [6, 6.07) is 6.98. The molecule has 0 spiro atoms. The SMILES string of the molecule is COc1ccc(Nc2ncc(C(=O)N(C)C3CCS(=O)(=O)C3)cn2)cc1. The second-order valence-electron chi connectivity index (χ2n) is 6.12. The highest BCUT2D eigenvalue weighted by Crippen LogP contribution is 2.20. The number of anilines is 2. The maximum Gasteiger partial charge on any atom is 0.257 e. The van der Waals surface area contributed by atoms with E-state index < -0.39 is 9.84 Å². The van der Waals surface area contributed by atoms with Crippen molar-refractivity contribution in [2.75, 3.05) is 31.0 Å².